The average molecular weight is 494 g/mol. The van der Waals surface area contributed by atoms with Gasteiger partial charge in [-0.2, -0.15) is 14.0 Å². The molecule has 0 amide bonds. The summed E-state index contributed by atoms with van der Waals surface area (Å²) < 4.78 is 92.3. The number of ether oxygens (including phenoxy) is 1. The number of halogens is 6. The molecule has 0 aliphatic heterocycles. The lowest BCUT2D eigenvalue weighted by atomic mass is 9.65. The quantitative estimate of drug-likeness (QED) is 0.368. The molecule has 4 atom stereocenters. The van der Waals surface area contributed by atoms with E-state index in [0.29, 0.717) is 5.92 Å². The number of nitrogens with zero attached hydrogens (tertiary/aromatic N) is 1. The van der Waals surface area contributed by atoms with E-state index in [1.165, 1.54) is 38.2 Å². The Morgan fingerprint density at radius 1 is 0.618 bits per heavy atom. The second kappa shape index (κ2) is 11.0. The molecule has 34 heavy (non-hydrogen) atoms. The smallest absolute Gasteiger partial charge is 0.317 e. The van der Waals surface area contributed by atoms with Crippen LogP contribution >= 0.6 is 0 Å². The summed E-state index contributed by atoms with van der Waals surface area (Å²) >= 11 is 0. The zero-order valence-corrected chi connectivity index (χ0v) is 19.7. The molecule has 2 nitrogen and oxygen atoms in total. The van der Waals surface area contributed by atoms with Gasteiger partial charge >= 0.3 is 6.11 Å². The molecule has 0 N–H and O–H groups in total. The lowest BCUT2D eigenvalue weighted by Gasteiger charge is -2.44. The Balaban J connectivity index is 1.30. The lowest BCUT2D eigenvalue weighted by Crippen LogP contribution is -2.51. The largest absolute Gasteiger partial charge is 0.364 e. The van der Waals surface area contributed by atoms with Crippen molar-refractivity contribution in [1.29, 1.82) is 5.26 Å². The molecule has 0 bridgehead atoms. The van der Waals surface area contributed by atoms with Gasteiger partial charge in [0, 0.05) is 12.8 Å². The lowest BCUT2D eigenvalue weighted by molar-refractivity contribution is -0.322. The molecule has 0 spiro atoms. The fourth-order valence-corrected chi connectivity index (χ4v) is 7.37. The monoisotopic (exact) mass is 493 g/mol. The minimum absolute atomic E-state index is 0.124. The summed E-state index contributed by atoms with van der Waals surface area (Å²) in [5.41, 5.74) is 0. The maximum absolute atomic E-state index is 15.0. The van der Waals surface area contributed by atoms with Crippen LogP contribution in [0.3, 0.4) is 0 Å². The molecule has 4 fully saturated rings. The molecule has 0 heterocycles. The van der Waals surface area contributed by atoms with Gasteiger partial charge in [-0.15, -0.1) is 0 Å². The molecular weight excluding hydrogens is 456 g/mol. The number of rotatable bonds is 5. The van der Waals surface area contributed by atoms with Crippen LogP contribution in [-0.4, -0.2) is 36.9 Å². The summed E-state index contributed by atoms with van der Waals surface area (Å²) in [5.74, 6) is -2.46. The van der Waals surface area contributed by atoms with E-state index in [9.17, 15) is 26.3 Å². The third-order valence-corrected chi connectivity index (χ3v) is 9.25. The van der Waals surface area contributed by atoms with Crippen LogP contribution in [0.4, 0.5) is 26.3 Å². The SMILES string of the molecule is N#CC1C(F)CC(OC(F)(F)C2C(F)CC(C3CCC(C4CCCCC4)CC3)CC2F)CC1F. The zero-order valence-electron chi connectivity index (χ0n) is 19.7. The molecule has 0 aromatic carbocycles. The van der Waals surface area contributed by atoms with E-state index in [0.717, 1.165) is 31.6 Å². The van der Waals surface area contributed by atoms with Crippen molar-refractivity contribution in [2.45, 2.75) is 120 Å². The Labute approximate surface area is 198 Å². The summed E-state index contributed by atoms with van der Waals surface area (Å²) in [6.45, 7) is 0. The van der Waals surface area contributed by atoms with Gasteiger partial charge < -0.3 is 4.74 Å². The summed E-state index contributed by atoms with van der Waals surface area (Å²) in [6, 6.07) is 1.51. The molecular formula is C26H37F6NO. The third kappa shape index (κ3) is 5.71. The van der Waals surface area contributed by atoms with Gasteiger partial charge in [0.15, 0.2) is 0 Å². The van der Waals surface area contributed by atoms with Gasteiger partial charge in [0.2, 0.25) is 0 Å². The van der Waals surface area contributed by atoms with Crippen molar-refractivity contribution in [3.63, 3.8) is 0 Å². The van der Waals surface area contributed by atoms with Gasteiger partial charge in [-0.05, 0) is 62.2 Å². The highest BCUT2D eigenvalue weighted by atomic mass is 19.3. The molecule has 4 aliphatic rings. The van der Waals surface area contributed by atoms with Crippen molar-refractivity contribution in [2.24, 2.45) is 35.5 Å². The Morgan fingerprint density at radius 2 is 1.09 bits per heavy atom. The minimum atomic E-state index is -4.16. The predicted molar refractivity (Wildman–Crippen MR) is 116 cm³/mol. The van der Waals surface area contributed by atoms with E-state index in [-0.39, 0.29) is 24.7 Å². The van der Waals surface area contributed by atoms with Crippen molar-refractivity contribution in [1.82, 2.24) is 0 Å². The van der Waals surface area contributed by atoms with Crippen molar-refractivity contribution < 1.29 is 31.1 Å². The van der Waals surface area contributed by atoms with Crippen LogP contribution < -0.4 is 0 Å². The Kier molecular flexibility index (Phi) is 8.42. The Morgan fingerprint density at radius 3 is 1.59 bits per heavy atom. The number of hydrogen-bond donors (Lipinski definition) is 0. The van der Waals surface area contributed by atoms with E-state index < -0.39 is 61.6 Å². The molecule has 8 heteroatoms. The van der Waals surface area contributed by atoms with Gasteiger partial charge in [-0.25, -0.2) is 17.6 Å². The first-order valence-corrected chi connectivity index (χ1v) is 13.2. The topological polar surface area (TPSA) is 33.0 Å². The van der Waals surface area contributed by atoms with E-state index in [1.54, 1.807) is 0 Å². The van der Waals surface area contributed by atoms with E-state index in [4.69, 9.17) is 5.26 Å². The zero-order chi connectivity index (χ0) is 24.5. The standard InChI is InChI=1S/C26H37F6NO/c27-21-12-19(13-22(28)20(21)14-33)34-26(31,32)25-23(29)10-18(11-24(25)30)17-8-6-16(7-9-17)15-4-2-1-3-5-15/h15-25H,1-13H2. The summed E-state index contributed by atoms with van der Waals surface area (Å²) in [7, 11) is 0. The second-order valence-corrected chi connectivity index (χ2v) is 11.3. The first-order chi connectivity index (χ1) is 16.2. The first-order valence-electron chi connectivity index (χ1n) is 13.2. The molecule has 0 radical (unpaired) electrons. The van der Waals surface area contributed by atoms with Crippen LogP contribution in [0.2, 0.25) is 0 Å². The van der Waals surface area contributed by atoms with E-state index in [2.05, 4.69) is 4.74 Å². The van der Waals surface area contributed by atoms with Crippen LogP contribution in [0.25, 0.3) is 0 Å². The third-order valence-electron chi connectivity index (χ3n) is 9.25. The average Bonchev–Trinajstić information content (AvgIpc) is 2.78. The van der Waals surface area contributed by atoms with Crippen LogP contribution in [0.5, 0.6) is 0 Å². The molecule has 194 valence electrons. The van der Waals surface area contributed by atoms with Gasteiger partial charge in [-0.1, -0.05) is 32.1 Å². The van der Waals surface area contributed by atoms with Crippen LogP contribution in [0, 0.1) is 46.8 Å². The second-order valence-electron chi connectivity index (χ2n) is 11.3. The number of hydrogen-bond acceptors (Lipinski definition) is 2. The van der Waals surface area contributed by atoms with Gasteiger partial charge in [0.25, 0.3) is 0 Å². The maximum Gasteiger partial charge on any atom is 0.364 e. The van der Waals surface area contributed by atoms with Gasteiger partial charge in [0.05, 0.1) is 12.2 Å². The summed E-state index contributed by atoms with van der Waals surface area (Å²) in [4.78, 5) is 0. The summed E-state index contributed by atoms with van der Waals surface area (Å²) in [5, 5.41) is 8.82. The fourth-order valence-electron chi connectivity index (χ4n) is 7.37. The van der Waals surface area contributed by atoms with Gasteiger partial charge in [0.1, 0.15) is 36.5 Å². The number of alkyl halides is 6. The normalized spacial score (nSPS) is 45.0. The highest BCUT2D eigenvalue weighted by Gasteiger charge is 2.56. The fraction of sp³-hybridized carbons (Fsp3) is 0.962. The Hall–Kier alpha value is -0.970. The van der Waals surface area contributed by atoms with Crippen LogP contribution in [0.15, 0.2) is 0 Å². The van der Waals surface area contributed by atoms with Crippen LogP contribution in [-0.2, 0) is 4.74 Å². The van der Waals surface area contributed by atoms with Crippen LogP contribution in [0.1, 0.15) is 83.5 Å². The highest BCUT2D eigenvalue weighted by molar-refractivity contribution is 5.00. The molecule has 4 saturated carbocycles. The van der Waals surface area contributed by atoms with Crippen molar-refractivity contribution in [3.05, 3.63) is 0 Å². The molecule has 4 aliphatic carbocycles. The van der Waals surface area contributed by atoms with Crippen molar-refractivity contribution in [3.8, 4) is 6.07 Å². The van der Waals surface area contributed by atoms with E-state index in [1.807, 2.05) is 0 Å². The highest BCUT2D eigenvalue weighted by Crippen LogP contribution is 2.50. The molecule has 4 rings (SSSR count). The molecule has 4 unspecified atom stereocenters. The van der Waals surface area contributed by atoms with Crippen molar-refractivity contribution in [2.75, 3.05) is 0 Å². The summed E-state index contributed by atoms with van der Waals surface area (Å²) in [6.07, 6.45) is -4.77. The maximum atomic E-state index is 15.0. The van der Waals surface area contributed by atoms with E-state index >= 15 is 0 Å². The molecule has 0 aromatic rings. The number of nitriles is 1. The molecule has 0 saturated heterocycles. The van der Waals surface area contributed by atoms with Gasteiger partial charge in [-0.3, -0.25) is 0 Å². The Bertz CT molecular complexity index is 678. The predicted octanol–water partition coefficient (Wildman–Crippen LogP) is 7.66. The molecule has 0 aromatic heterocycles. The first kappa shape index (κ1) is 26.1. The van der Waals surface area contributed by atoms with Crippen molar-refractivity contribution >= 4 is 0 Å². The minimum Gasteiger partial charge on any atom is -0.317 e.